The van der Waals surface area contributed by atoms with Gasteiger partial charge in [-0.05, 0) is 31.0 Å². The van der Waals surface area contributed by atoms with Crippen LogP contribution in [0.15, 0.2) is 46.1 Å². The number of methoxy groups -OCH3 is 2. The minimum absolute atomic E-state index is 0.0369. The van der Waals surface area contributed by atoms with Crippen molar-refractivity contribution < 1.29 is 31.9 Å². The van der Waals surface area contributed by atoms with E-state index in [4.69, 9.17) is 13.9 Å². The van der Waals surface area contributed by atoms with Gasteiger partial charge in [-0.2, -0.15) is 4.31 Å². The first-order valence-electron chi connectivity index (χ1n) is 11.2. The number of hydrogen-bond donors (Lipinski definition) is 0. The SMILES string of the molecule is COc1ccc(OC)c(S(=O)(=O)N2CCN(C(=O)C3CCCN(C(=O)c4ccoc4)C3)CC2)c1. The maximum absolute atomic E-state index is 13.3. The molecule has 0 spiro atoms. The Morgan fingerprint density at radius 1 is 1.00 bits per heavy atom. The van der Waals surface area contributed by atoms with E-state index in [1.165, 1.54) is 37.1 Å². The van der Waals surface area contributed by atoms with Crippen LogP contribution in [0, 0.1) is 5.92 Å². The van der Waals surface area contributed by atoms with Gasteiger partial charge in [-0.15, -0.1) is 0 Å². The van der Waals surface area contributed by atoms with E-state index in [9.17, 15) is 18.0 Å². The predicted molar refractivity (Wildman–Crippen MR) is 122 cm³/mol. The third-order valence-electron chi connectivity index (χ3n) is 6.36. The molecule has 2 saturated heterocycles. The zero-order valence-electron chi connectivity index (χ0n) is 19.3. The lowest BCUT2D eigenvalue weighted by Gasteiger charge is -2.38. The van der Waals surface area contributed by atoms with Crippen LogP contribution in [0.3, 0.4) is 0 Å². The third kappa shape index (κ3) is 4.76. The van der Waals surface area contributed by atoms with Crippen molar-refractivity contribution >= 4 is 21.8 Å². The summed E-state index contributed by atoms with van der Waals surface area (Å²) in [7, 11) is -0.939. The molecule has 2 amide bonds. The molecule has 34 heavy (non-hydrogen) atoms. The van der Waals surface area contributed by atoms with Crippen molar-refractivity contribution in [3.05, 3.63) is 42.4 Å². The van der Waals surface area contributed by atoms with Crippen LogP contribution in [0.5, 0.6) is 11.5 Å². The minimum atomic E-state index is -3.83. The highest BCUT2D eigenvalue weighted by Crippen LogP contribution is 2.31. The van der Waals surface area contributed by atoms with Crippen LogP contribution in [0.4, 0.5) is 0 Å². The highest BCUT2D eigenvalue weighted by molar-refractivity contribution is 7.89. The van der Waals surface area contributed by atoms with Gasteiger partial charge in [-0.3, -0.25) is 9.59 Å². The molecule has 184 valence electrons. The molecular formula is C23H29N3O7S. The van der Waals surface area contributed by atoms with Crippen LogP contribution < -0.4 is 9.47 Å². The van der Waals surface area contributed by atoms with E-state index >= 15 is 0 Å². The summed E-state index contributed by atoms with van der Waals surface area (Å²) in [5.74, 6) is 0.172. The summed E-state index contributed by atoms with van der Waals surface area (Å²) in [5, 5.41) is 0. The number of ether oxygens (including phenoxy) is 2. The summed E-state index contributed by atoms with van der Waals surface area (Å²) in [6.07, 6.45) is 4.30. The molecule has 1 unspecified atom stereocenters. The highest BCUT2D eigenvalue weighted by Gasteiger charge is 2.36. The minimum Gasteiger partial charge on any atom is -0.497 e. The molecule has 3 heterocycles. The molecule has 0 bridgehead atoms. The van der Waals surface area contributed by atoms with Crippen molar-refractivity contribution in [2.24, 2.45) is 5.92 Å². The van der Waals surface area contributed by atoms with Crippen molar-refractivity contribution in [2.75, 3.05) is 53.5 Å². The summed E-state index contributed by atoms with van der Waals surface area (Å²) in [6, 6.07) is 6.26. The lowest BCUT2D eigenvalue weighted by atomic mass is 9.95. The molecule has 2 aliphatic rings. The molecule has 0 aliphatic carbocycles. The molecule has 0 radical (unpaired) electrons. The van der Waals surface area contributed by atoms with Crippen LogP contribution in [0.25, 0.3) is 0 Å². The third-order valence-corrected chi connectivity index (χ3v) is 8.28. The van der Waals surface area contributed by atoms with E-state index in [1.54, 1.807) is 28.0 Å². The van der Waals surface area contributed by atoms with E-state index in [2.05, 4.69) is 0 Å². The summed E-state index contributed by atoms with van der Waals surface area (Å²) >= 11 is 0. The number of sulfonamides is 1. The van der Waals surface area contributed by atoms with Crippen molar-refractivity contribution in [3.8, 4) is 11.5 Å². The smallest absolute Gasteiger partial charge is 0.257 e. The number of furan rings is 1. The molecule has 0 N–H and O–H groups in total. The molecule has 2 fully saturated rings. The normalized spacial score (nSPS) is 19.6. The summed E-state index contributed by atoms with van der Waals surface area (Å²) in [4.78, 5) is 29.2. The average molecular weight is 492 g/mol. The number of piperazine rings is 1. The van der Waals surface area contributed by atoms with Gasteiger partial charge in [0.2, 0.25) is 15.9 Å². The van der Waals surface area contributed by atoms with E-state index in [-0.39, 0.29) is 54.6 Å². The maximum atomic E-state index is 13.3. The van der Waals surface area contributed by atoms with Gasteiger partial charge < -0.3 is 23.7 Å². The Labute approximate surface area is 199 Å². The van der Waals surface area contributed by atoms with Crippen LogP contribution >= 0.6 is 0 Å². The lowest BCUT2D eigenvalue weighted by molar-refractivity contribution is -0.138. The van der Waals surface area contributed by atoms with Crippen LogP contribution in [-0.4, -0.2) is 87.8 Å². The Hall–Kier alpha value is -3.05. The van der Waals surface area contributed by atoms with Gasteiger partial charge in [0.25, 0.3) is 5.91 Å². The van der Waals surface area contributed by atoms with Crippen LogP contribution in [0.1, 0.15) is 23.2 Å². The molecule has 10 nitrogen and oxygen atoms in total. The van der Waals surface area contributed by atoms with Gasteiger partial charge in [0.15, 0.2) is 0 Å². The Kier molecular flexibility index (Phi) is 7.13. The second kappa shape index (κ2) is 10.1. The largest absolute Gasteiger partial charge is 0.497 e. The Morgan fingerprint density at radius 2 is 1.76 bits per heavy atom. The highest BCUT2D eigenvalue weighted by atomic mass is 32.2. The fourth-order valence-electron chi connectivity index (χ4n) is 4.46. The van der Waals surface area contributed by atoms with Gasteiger partial charge in [0, 0.05) is 45.3 Å². The molecule has 2 aromatic rings. The lowest BCUT2D eigenvalue weighted by Crippen LogP contribution is -2.54. The Balaban J connectivity index is 1.40. The Morgan fingerprint density at radius 3 is 2.41 bits per heavy atom. The van der Waals surface area contributed by atoms with E-state index in [1.807, 2.05) is 0 Å². The first kappa shape index (κ1) is 24.1. The van der Waals surface area contributed by atoms with E-state index in [0.29, 0.717) is 30.8 Å². The molecule has 1 aromatic heterocycles. The van der Waals surface area contributed by atoms with Crippen molar-refractivity contribution in [1.82, 2.24) is 14.1 Å². The first-order valence-corrected chi connectivity index (χ1v) is 12.6. The quantitative estimate of drug-likeness (QED) is 0.605. The number of rotatable bonds is 6. The first-order chi connectivity index (χ1) is 16.3. The number of amides is 2. The second-order valence-corrected chi connectivity index (χ2v) is 10.3. The number of carbonyl (C=O) groups excluding carboxylic acids is 2. The van der Waals surface area contributed by atoms with Crippen LogP contribution in [0.2, 0.25) is 0 Å². The predicted octanol–water partition coefficient (Wildman–Crippen LogP) is 1.68. The molecule has 1 aromatic carbocycles. The molecule has 0 saturated carbocycles. The molecule has 11 heteroatoms. The fourth-order valence-corrected chi connectivity index (χ4v) is 6.06. The molecular weight excluding hydrogens is 462 g/mol. The van der Waals surface area contributed by atoms with E-state index in [0.717, 1.165) is 6.42 Å². The monoisotopic (exact) mass is 491 g/mol. The standard InChI is InChI=1S/C23H29N3O7S/c1-31-19-5-6-20(32-2)21(14-19)34(29,30)26-11-9-24(10-12-26)22(27)17-4-3-8-25(15-17)23(28)18-7-13-33-16-18/h5-7,13-14,16-17H,3-4,8-12,15H2,1-2H3. The molecule has 1 atom stereocenters. The zero-order valence-corrected chi connectivity index (χ0v) is 20.1. The summed E-state index contributed by atoms with van der Waals surface area (Å²) in [5.41, 5.74) is 0.472. The number of piperidine rings is 1. The number of hydrogen-bond acceptors (Lipinski definition) is 7. The Bertz CT molecular complexity index is 1130. The zero-order chi connectivity index (χ0) is 24.3. The number of nitrogens with zero attached hydrogens (tertiary/aromatic N) is 3. The van der Waals surface area contributed by atoms with E-state index < -0.39 is 10.0 Å². The number of carbonyl (C=O) groups is 2. The molecule has 4 rings (SSSR count). The van der Waals surface area contributed by atoms with Gasteiger partial charge >= 0.3 is 0 Å². The van der Waals surface area contributed by atoms with Gasteiger partial charge in [0.1, 0.15) is 22.7 Å². The van der Waals surface area contributed by atoms with Gasteiger partial charge in [-0.1, -0.05) is 0 Å². The van der Waals surface area contributed by atoms with Crippen LogP contribution in [-0.2, 0) is 14.8 Å². The average Bonchev–Trinajstić information content (AvgIpc) is 3.42. The fraction of sp³-hybridized carbons (Fsp3) is 0.478. The van der Waals surface area contributed by atoms with Crippen molar-refractivity contribution in [2.45, 2.75) is 17.7 Å². The maximum Gasteiger partial charge on any atom is 0.257 e. The molecule has 2 aliphatic heterocycles. The topological polar surface area (TPSA) is 110 Å². The summed E-state index contributed by atoms with van der Waals surface area (Å²) < 4.78 is 43.4. The summed E-state index contributed by atoms with van der Waals surface area (Å²) in [6.45, 7) is 1.88. The second-order valence-electron chi connectivity index (χ2n) is 8.35. The number of benzene rings is 1. The number of likely N-dealkylation sites (tertiary alicyclic amines) is 1. The van der Waals surface area contributed by atoms with Gasteiger partial charge in [-0.25, -0.2) is 8.42 Å². The van der Waals surface area contributed by atoms with Crippen molar-refractivity contribution in [1.29, 1.82) is 0 Å². The van der Waals surface area contributed by atoms with Crippen molar-refractivity contribution in [3.63, 3.8) is 0 Å². The van der Waals surface area contributed by atoms with Gasteiger partial charge in [0.05, 0.1) is 32.0 Å².